The number of halogens is 2. The van der Waals surface area contributed by atoms with Gasteiger partial charge in [-0.3, -0.25) is 9.52 Å². The maximum Gasteiger partial charge on any atom is 0.250 e. The van der Waals surface area contributed by atoms with Crippen LogP contribution in [0.1, 0.15) is 19.4 Å². The first-order valence-corrected chi connectivity index (χ1v) is 8.65. The normalized spacial score (nSPS) is 21.9. The Morgan fingerprint density at radius 2 is 2.00 bits per heavy atom. The molecule has 1 aromatic carbocycles. The summed E-state index contributed by atoms with van der Waals surface area (Å²) < 4.78 is 30.6. The van der Waals surface area contributed by atoms with Crippen molar-refractivity contribution in [2.45, 2.75) is 19.4 Å². The molecular weight excluding hydrogens is 353 g/mol. The number of carbonyl (C=O) groups excluding carboxylic acids is 1. The van der Waals surface area contributed by atoms with E-state index in [0.29, 0.717) is 0 Å². The van der Waals surface area contributed by atoms with Gasteiger partial charge in [-0.05, 0) is 19.9 Å². The number of ketones is 1. The number of carbonyl (C=O) groups is 1. The van der Waals surface area contributed by atoms with E-state index in [2.05, 4.69) is 0 Å². The van der Waals surface area contributed by atoms with Gasteiger partial charge in [0.15, 0.2) is 0 Å². The molecule has 0 aliphatic carbocycles. The van der Waals surface area contributed by atoms with Crippen LogP contribution < -0.4 is 4.72 Å². The van der Waals surface area contributed by atoms with Gasteiger partial charge in [-0.2, -0.15) is 0 Å². The molecule has 9 heteroatoms. The molecule has 0 radical (unpaired) electrons. The van der Waals surface area contributed by atoms with E-state index in [0.717, 1.165) is 0 Å². The summed E-state index contributed by atoms with van der Waals surface area (Å²) in [7, 11) is -3.71. The third-order valence-electron chi connectivity index (χ3n) is 3.26. The summed E-state index contributed by atoms with van der Waals surface area (Å²) in [6.45, 7) is 2.78. The lowest BCUT2D eigenvalue weighted by atomic mass is 9.91. The molecule has 120 valence electrons. The molecule has 2 rings (SSSR count). The van der Waals surface area contributed by atoms with Crippen molar-refractivity contribution in [1.29, 1.82) is 0 Å². The second-order valence-electron chi connectivity index (χ2n) is 4.75. The number of sulfonamides is 1. The molecule has 1 heterocycles. The van der Waals surface area contributed by atoms with Crippen molar-refractivity contribution in [2.75, 3.05) is 5.75 Å². The lowest BCUT2D eigenvalue weighted by molar-refractivity contribution is -0.131. The van der Waals surface area contributed by atoms with Crippen molar-refractivity contribution in [3.8, 4) is 0 Å². The van der Waals surface area contributed by atoms with Gasteiger partial charge in [-0.15, -0.1) is 0 Å². The SMILES string of the molecule is CCS(=O)(=O)NC1=C(O)C(=O)C(C)(c2cccc(Cl)c2Cl)O1. The van der Waals surface area contributed by atoms with Gasteiger partial charge in [0.05, 0.1) is 15.8 Å². The average molecular weight is 366 g/mol. The number of hydrogen-bond donors (Lipinski definition) is 2. The molecule has 0 saturated carbocycles. The molecule has 1 aliphatic rings. The van der Waals surface area contributed by atoms with Gasteiger partial charge in [0.2, 0.25) is 27.3 Å². The minimum Gasteiger partial charge on any atom is -0.501 e. The van der Waals surface area contributed by atoms with Gasteiger partial charge in [0.25, 0.3) is 5.78 Å². The fourth-order valence-electron chi connectivity index (χ4n) is 1.96. The van der Waals surface area contributed by atoms with Crippen molar-refractivity contribution in [3.05, 3.63) is 45.5 Å². The van der Waals surface area contributed by atoms with Crippen molar-refractivity contribution in [2.24, 2.45) is 0 Å². The van der Waals surface area contributed by atoms with Crippen LogP contribution in [-0.4, -0.2) is 25.1 Å². The summed E-state index contributed by atoms with van der Waals surface area (Å²) in [5, 5.41) is 10.2. The molecule has 1 unspecified atom stereocenters. The predicted octanol–water partition coefficient (Wildman–Crippen LogP) is 2.47. The second kappa shape index (κ2) is 5.64. The average Bonchev–Trinajstić information content (AvgIpc) is 2.66. The van der Waals surface area contributed by atoms with Gasteiger partial charge in [-0.25, -0.2) is 8.42 Å². The van der Waals surface area contributed by atoms with Gasteiger partial charge in [-0.1, -0.05) is 35.3 Å². The van der Waals surface area contributed by atoms with E-state index in [-0.39, 0.29) is 21.4 Å². The fourth-order valence-corrected chi connectivity index (χ4v) is 3.01. The molecule has 0 fully saturated rings. The first-order valence-electron chi connectivity index (χ1n) is 6.24. The number of ether oxygens (including phenoxy) is 1. The third-order valence-corrected chi connectivity index (χ3v) is 5.34. The zero-order valence-electron chi connectivity index (χ0n) is 11.7. The summed E-state index contributed by atoms with van der Waals surface area (Å²) in [6.07, 6.45) is 0. The standard InChI is InChI=1S/C13H13Cl2NO5S/c1-3-22(19,20)16-12-10(17)11(18)13(2,21-12)7-5-4-6-8(14)9(7)15/h4-6,16-17H,3H2,1-2H3. The molecule has 22 heavy (non-hydrogen) atoms. The van der Waals surface area contributed by atoms with E-state index in [1.54, 1.807) is 6.07 Å². The highest BCUT2D eigenvalue weighted by Crippen LogP contribution is 2.42. The van der Waals surface area contributed by atoms with Crippen molar-refractivity contribution in [3.63, 3.8) is 0 Å². The molecule has 1 atom stereocenters. The number of hydrogen-bond acceptors (Lipinski definition) is 5. The Balaban J connectivity index is 2.45. The lowest BCUT2D eigenvalue weighted by Gasteiger charge is -2.25. The van der Waals surface area contributed by atoms with E-state index in [1.165, 1.54) is 26.0 Å². The van der Waals surface area contributed by atoms with Gasteiger partial charge in [0, 0.05) is 5.56 Å². The maximum absolute atomic E-state index is 12.3. The highest BCUT2D eigenvalue weighted by Gasteiger charge is 2.49. The molecular formula is C13H13Cl2NO5S. The van der Waals surface area contributed by atoms with Gasteiger partial charge < -0.3 is 9.84 Å². The molecule has 0 amide bonds. The Hall–Kier alpha value is -1.44. The molecule has 0 spiro atoms. The molecule has 0 aromatic heterocycles. The number of nitrogens with one attached hydrogen (secondary N) is 1. The van der Waals surface area contributed by atoms with Crippen molar-refractivity contribution in [1.82, 2.24) is 4.72 Å². The molecule has 1 aliphatic heterocycles. The lowest BCUT2D eigenvalue weighted by Crippen LogP contribution is -2.33. The molecule has 6 nitrogen and oxygen atoms in total. The number of aliphatic hydroxyl groups is 1. The van der Waals surface area contributed by atoms with Gasteiger partial charge in [0.1, 0.15) is 0 Å². The molecule has 2 N–H and O–H groups in total. The van der Waals surface area contributed by atoms with Gasteiger partial charge >= 0.3 is 0 Å². The molecule has 1 aromatic rings. The fraction of sp³-hybridized carbons (Fsp3) is 0.308. The Morgan fingerprint density at radius 1 is 1.36 bits per heavy atom. The van der Waals surface area contributed by atoms with Crippen LogP contribution in [0.4, 0.5) is 0 Å². The monoisotopic (exact) mass is 365 g/mol. The molecule has 0 saturated heterocycles. The quantitative estimate of drug-likeness (QED) is 0.854. The van der Waals surface area contributed by atoms with Crippen LogP contribution in [0.15, 0.2) is 29.8 Å². The van der Waals surface area contributed by atoms with E-state index >= 15 is 0 Å². The number of aliphatic hydroxyl groups excluding tert-OH is 1. The Labute approximate surface area is 137 Å². The van der Waals surface area contributed by atoms with Crippen molar-refractivity contribution >= 4 is 39.0 Å². The predicted molar refractivity (Wildman–Crippen MR) is 82.2 cm³/mol. The first kappa shape index (κ1) is 16.9. The van der Waals surface area contributed by atoms with E-state index in [9.17, 15) is 18.3 Å². The van der Waals surface area contributed by atoms with Crippen LogP contribution >= 0.6 is 23.2 Å². The van der Waals surface area contributed by atoms with Crippen LogP contribution in [0.25, 0.3) is 0 Å². The molecule has 0 bridgehead atoms. The zero-order valence-corrected chi connectivity index (χ0v) is 14.0. The summed E-state index contributed by atoms with van der Waals surface area (Å²) in [4.78, 5) is 12.3. The number of rotatable bonds is 4. The van der Waals surface area contributed by atoms with E-state index in [4.69, 9.17) is 27.9 Å². The maximum atomic E-state index is 12.3. The Kier molecular flexibility index (Phi) is 4.34. The minimum absolute atomic E-state index is 0.0902. The second-order valence-corrected chi connectivity index (χ2v) is 7.55. The Bertz CT molecular complexity index is 775. The third kappa shape index (κ3) is 2.76. The summed E-state index contributed by atoms with van der Waals surface area (Å²) in [5.41, 5.74) is -1.44. The Morgan fingerprint density at radius 3 is 2.59 bits per heavy atom. The topological polar surface area (TPSA) is 92.7 Å². The summed E-state index contributed by atoms with van der Waals surface area (Å²) >= 11 is 12.0. The number of Topliss-reactive ketones (excluding diaryl/α,β-unsaturated/α-hetero) is 1. The van der Waals surface area contributed by atoms with E-state index in [1.807, 2.05) is 4.72 Å². The summed E-state index contributed by atoms with van der Waals surface area (Å²) in [5.74, 6) is -2.39. The number of benzene rings is 1. The highest BCUT2D eigenvalue weighted by atomic mass is 35.5. The van der Waals surface area contributed by atoms with Crippen LogP contribution in [-0.2, 0) is 25.2 Å². The first-order chi connectivity index (χ1) is 10.1. The van der Waals surface area contributed by atoms with Crippen LogP contribution in [0.3, 0.4) is 0 Å². The largest absolute Gasteiger partial charge is 0.501 e. The highest BCUT2D eigenvalue weighted by molar-refractivity contribution is 7.89. The van der Waals surface area contributed by atoms with Crippen LogP contribution in [0.2, 0.25) is 10.0 Å². The van der Waals surface area contributed by atoms with Crippen LogP contribution in [0, 0.1) is 0 Å². The van der Waals surface area contributed by atoms with Crippen molar-refractivity contribution < 1.29 is 23.1 Å². The zero-order chi connectivity index (χ0) is 16.7. The summed E-state index contributed by atoms with van der Waals surface area (Å²) in [6, 6.07) is 4.61. The minimum atomic E-state index is -3.71. The van der Waals surface area contributed by atoms with Crippen LogP contribution in [0.5, 0.6) is 0 Å². The van der Waals surface area contributed by atoms with E-state index < -0.39 is 33.0 Å². The smallest absolute Gasteiger partial charge is 0.250 e.